The van der Waals surface area contributed by atoms with Gasteiger partial charge in [0.25, 0.3) is 0 Å². The highest BCUT2D eigenvalue weighted by Crippen LogP contribution is 2.26. The van der Waals surface area contributed by atoms with E-state index in [0.717, 1.165) is 13.0 Å². The van der Waals surface area contributed by atoms with Gasteiger partial charge in [0, 0.05) is 6.54 Å². The Morgan fingerprint density at radius 2 is 1.89 bits per heavy atom. The summed E-state index contributed by atoms with van der Waals surface area (Å²) in [6, 6.07) is 10.1. The largest absolute Gasteiger partial charge is 0.459 e. The van der Waals surface area contributed by atoms with E-state index < -0.39 is 5.60 Å². The van der Waals surface area contributed by atoms with Crippen molar-refractivity contribution in [2.24, 2.45) is 0 Å². The van der Waals surface area contributed by atoms with Crippen LogP contribution in [0, 0.1) is 0 Å². The second-order valence-electron chi connectivity index (χ2n) is 5.84. The van der Waals surface area contributed by atoms with Gasteiger partial charge in [-0.25, -0.2) is 0 Å². The quantitative estimate of drug-likeness (QED) is 0.848. The van der Waals surface area contributed by atoms with Crippen LogP contribution in [0.25, 0.3) is 0 Å². The van der Waals surface area contributed by atoms with Crippen molar-refractivity contribution in [1.82, 2.24) is 5.32 Å². The molecular weight excluding hydrogens is 262 g/mol. The average Bonchev–Trinajstić information content (AvgIpc) is 2.77. The maximum atomic E-state index is 12.0. The van der Waals surface area contributed by atoms with Crippen LogP contribution in [-0.2, 0) is 9.53 Å². The van der Waals surface area contributed by atoms with Crippen LogP contribution in [0.15, 0.2) is 30.3 Å². The van der Waals surface area contributed by atoms with E-state index in [0.29, 0.717) is 5.92 Å². The molecule has 0 aromatic heterocycles. The molecule has 1 aromatic carbocycles. The fraction of sp³-hybridized carbons (Fsp3) is 0.533. The van der Waals surface area contributed by atoms with Gasteiger partial charge in [0.05, 0.1) is 0 Å². The number of hydrogen-bond acceptors (Lipinski definition) is 3. The van der Waals surface area contributed by atoms with Gasteiger partial charge in [-0.3, -0.25) is 4.79 Å². The molecule has 2 rings (SSSR count). The highest BCUT2D eigenvalue weighted by Gasteiger charge is 2.33. The number of rotatable bonds is 2. The third-order valence-electron chi connectivity index (χ3n) is 3.09. The second kappa shape index (κ2) is 6.40. The molecule has 1 fully saturated rings. The van der Waals surface area contributed by atoms with Crippen LogP contribution in [0.5, 0.6) is 0 Å². The van der Waals surface area contributed by atoms with Gasteiger partial charge >= 0.3 is 5.97 Å². The summed E-state index contributed by atoms with van der Waals surface area (Å²) < 4.78 is 5.40. The first-order valence-electron chi connectivity index (χ1n) is 6.47. The predicted octanol–water partition coefficient (Wildman–Crippen LogP) is 2.90. The Balaban J connectivity index is 0.00000180. The molecule has 2 atom stereocenters. The summed E-state index contributed by atoms with van der Waals surface area (Å²) in [6.45, 7) is 6.53. The highest BCUT2D eigenvalue weighted by molar-refractivity contribution is 5.85. The number of nitrogens with one attached hydrogen (secondary N) is 1. The van der Waals surface area contributed by atoms with Crippen LogP contribution in [0.2, 0.25) is 0 Å². The van der Waals surface area contributed by atoms with Crippen LogP contribution >= 0.6 is 12.4 Å². The number of carbonyl (C=O) groups is 1. The Kier molecular flexibility index (Phi) is 5.39. The maximum absolute atomic E-state index is 12.0. The fourth-order valence-electron chi connectivity index (χ4n) is 2.27. The van der Waals surface area contributed by atoms with Gasteiger partial charge in [-0.1, -0.05) is 30.3 Å². The minimum atomic E-state index is -0.413. The van der Waals surface area contributed by atoms with Crippen molar-refractivity contribution in [3.63, 3.8) is 0 Å². The molecule has 0 radical (unpaired) electrons. The first kappa shape index (κ1) is 16.0. The van der Waals surface area contributed by atoms with E-state index in [2.05, 4.69) is 17.4 Å². The third-order valence-corrected chi connectivity index (χ3v) is 3.09. The lowest BCUT2D eigenvalue weighted by atomic mass is 9.96. The Morgan fingerprint density at radius 1 is 1.26 bits per heavy atom. The van der Waals surface area contributed by atoms with Gasteiger partial charge in [0.2, 0.25) is 0 Å². The minimum absolute atomic E-state index is 0. The molecule has 1 N–H and O–H groups in total. The molecule has 0 amide bonds. The smallest absolute Gasteiger partial charge is 0.323 e. The van der Waals surface area contributed by atoms with E-state index in [9.17, 15) is 4.79 Å². The Labute approximate surface area is 121 Å². The van der Waals surface area contributed by atoms with E-state index in [1.165, 1.54) is 5.56 Å². The zero-order chi connectivity index (χ0) is 13.2. The first-order chi connectivity index (χ1) is 8.46. The average molecular weight is 284 g/mol. The Bertz CT molecular complexity index is 414. The van der Waals surface area contributed by atoms with Crippen LogP contribution in [-0.4, -0.2) is 24.2 Å². The Morgan fingerprint density at radius 3 is 2.47 bits per heavy atom. The van der Waals surface area contributed by atoms with E-state index >= 15 is 0 Å². The van der Waals surface area contributed by atoms with Crippen molar-refractivity contribution in [3.05, 3.63) is 35.9 Å². The molecule has 3 nitrogen and oxygen atoms in total. The summed E-state index contributed by atoms with van der Waals surface area (Å²) in [4.78, 5) is 12.0. The van der Waals surface area contributed by atoms with Crippen molar-refractivity contribution in [1.29, 1.82) is 0 Å². The molecule has 0 aliphatic carbocycles. The maximum Gasteiger partial charge on any atom is 0.323 e. The molecule has 0 bridgehead atoms. The normalized spacial score (nSPS) is 22.7. The third kappa shape index (κ3) is 4.51. The standard InChI is InChI=1S/C15H21NO2.ClH/c1-15(2,3)18-14(17)13-9-12(10-16-13)11-7-5-4-6-8-11;/h4-8,12-13,16H,9-10H2,1-3H3;1H/t12-,13+;/m1./s1. The molecule has 1 aliphatic heterocycles. The van der Waals surface area contributed by atoms with Gasteiger partial charge < -0.3 is 10.1 Å². The van der Waals surface area contributed by atoms with Crippen molar-refractivity contribution < 1.29 is 9.53 Å². The molecular formula is C15H22ClNO2. The highest BCUT2D eigenvalue weighted by atomic mass is 35.5. The zero-order valence-electron chi connectivity index (χ0n) is 11.7. The van der Waals surface area contributed by atoms with E-state index in [1.54, 1.807) is 0 Å². The predicted molar refractivity (Wildman–Crippen MR) is 78.7 cm³/mol. The molecule has 1 heterocycles. The van der Waals surface area contributed by atoms with Crippen LogP contribution in [0.1, 0.15) is 38.7 Å². The van der Waals surface area contributed by atoms with Crippen molar-refractivity contribution in [2.75, 3.05) is 6.54 Å². The summed E-state index contributed by atoms with van der Waals surface area (Å²) in [6.07, 6.45) is 0.818. The topological polar surface area (TPSA) is 38.3 Å². The van der Waals surface area contributed by atoms with Gasteiger partial charge in [0.1, 0.15) is 11.6 Å². The number of esters is 1. The zero-order valence-corrected chi connectivity index (χ0v) is 12.5. The molecule has 1 aliphatic rings. The summed E-state index contributed by atoms with van der Waals surface area (Å²) in [7, 11) is 0. The molecule has 1 saturated heterocycles. The summed E-state index contributed by atoms with van der Waals surface area (Å²) in [5.74, 6) is 0.268. The van der Waals surface area contributed by atoms with Gasteiger partial charge in [-0.2, -0.15) is 0 Å². The van der Waals surface area contributed by atoms with Crippen molar-refractivity contribution in [2.45, 2.75) is 44.8 Å². The lowest BCUT2D eigenvalue weighted by molar-refractivity contribution is -0.157. The monoisotopic (exact) mass is 283 g/mol. The molecule has 0 saturated carbocycles. The number of ether oxygens (including phenoxy) is 1. The number of hydrogen-bond donors (Lipinski definition) is 1. The molecule has 4 heteroatoms. The summed E-state index contributed by atoms with van der Waals surface area (Å²) >= 11 is 0. The number of halogens is 1. The molecule has 19 heavy (non-hydrogen) atoms. The van der Waals surface area contributed by atoms with Crippen molar-refractivity contribution >= 4 is 18.4 Å². The molecule has 0 spiro atoms. The number of benzene rings is 1. The summed E-state index contributed by atoms with van der Waals surface area (Å²) in [5, 5.41) is 3.25. The van der Waals surface area contributed by atoms with Gasteiger partial charge in [-0.15, -0.1) is 12.4 Å². The number of carbonyl (C=O) groups excluding carboxylic acids is 1. The fourth-order valence-corrected chi connectivity index (χ4v) is 2.27. The molecule has 1 aromatic rings. The van der Waals surface area contributed by atoms with Crippen LogP contribution in [0.3, 0.4) is 0 Å². The van der Waals surface area contributed by atoms with Crippen LogP contribution < -0.4 is 5.32 Å². The lowest BCUT2D eigenvalue weighted by Crippen LogP contribution is -2.37. The Hall–Kier alpha value is -1.06. The van der Waals surface area contributed by atoms with Gasteiger partial charge in [0.15, 0.2) is 0 Å². The van der Waals surface area contributed by atoms with E-state index in [-0.39, 0.29) is 24.4 Å². The summed E-state index contributed by atoms with van der Waals surface area (Å²) in [5.41, 5.74) is 0.875. The first-order valence-corrected chi connectivity index (χ1v) is 6.47. The van der Waals surface area contributed by atoms with E-state index in [4.69, 9.17) is 4.74 Å². The second-order valence-corrected chi connectivity index (χ2v) is 5.84. The minimum Gasteiger partial charge on any atom is -0.459 e. The van der Waals surface area contributed by atoms with Crippen molar-refractivity contribution in [3.8, 4) is 0 Å². The molecule has 106 valence electrons. The van der Waals surface area contributed by atoms with Crippen LogP contribution in [0.4, 0.5) is 0 Å². The van der Waals surface area contributed by atoms with E-state index in [1.807, 2.05) is 39.0 Å². The SMILES string of the molecule is CC(C)(C)OC(=O)[C@@H]1C[C@@H](c2ccccc2)CN1.Cl. The lowest BCUT2D eigenvalue weighted by Gasteiger charge is -2.22. The van der Waals surface area contributed by atoms with Gasteiger partial charge in [-0.05, 0) is 38.7 Å². The molecule has 0 unspecified atom stereocenters.